The Bertz CT molecular complexity index is 405. The summed E-state index contributed by atoms with van der Waals surface area (Å²) in [5, 5.41) is 6.91. The molecule has 1 aromatic rings. The van der Waals surface area contributed by atoms with Crippen LogP contribution in [0.25, 0.3) is 0 Å². The molecular weight excluding hydrogens is 244 g/mol. The van der Waals surface area contributed by atoms with Crippen LogP contribution in [0.4, 0.5) is 0 Å². The molecule has 4 heteroatoms. The summed E-state index contributed by atoms with van der Waals surface area (Å²) in [4.78, 5) is 0. The number of nitrogens with one attached hydrogen (secondary N) is 2. The van der Waals surface area contributed by atoms with Crippen LogP contribution in [0.2, 0.25) is 0 Å². The Hall–Kier alpha value is -1.29. The van der Waals surface area contributed by atoms with Crippen LogP contribution in [0, 0.1) is 13.8 Å². The Labute approximate surface area is 115 Å². The van der Waals surface area contributed by atoms with Gasteiger partial charge in [0.2, 0.25) is 0 Å². The maximum Gasteiger partial charge on any atom is 0.166 e. The highest BCUT2D eigenvalue weighted by Gasteiger charge is 2.00. The second-order valence-corrected chi connectivity index (χ2v) is 5.08. The van der Waals surface area contributed by atoms with E-state index in [4.69, 9.17) is 17.0 Å². The van der Waals surface area contributed by atoms with Gasteiger partial charge in [0.25, 0.3) is 0 Å². The van der Waals surface area contributed by atoms with Crippen molar-refractivity contribution in [2.24, 2.45) is 0 Å². The van der Waals surface area contributed by atoms with Gasteiger partial charge in [-0.1, -0.05) is 17.7 Å². The van der Waals surface area contributed by atoms with E-state index in [9.17, 15) is 0 Å². The van der Waals surface area contributed by atoms with E-state index in [-0.39, 0.29) is 0 Å². The average molecular weight is 266 g/mol. The summed E-state index contributed by atoms with van der Waals surface area (Å²) in [6.45, 7) is 9.55. The lowest BCUT2D eigenvalue weighted by atomic mass is 10.1. The maximum absolute atomic E-state index is 5.70. The van der Waals surface area contributed by atoms with Crippen molar-refractivity contribution < 1.29 is 4.74 Å². The van der Waals surface area contributed by atoms with Gasteiger partial charge in [0, 0.05) is 6.04 Å². The lowest BCUT2D eigenvalue weighted by Crippen LogP contribution is -2.40. The third-order valence-electron chi connectivity index (χ3n) is 2.40. The van der Waals surface area contributed by atoms with Crippen molar-refractivity contribution in [2.45, 2.75) is 33.7 Å². The normalized spacial score (nSPS) is 10.3. The lowest BCUT2D eigenvalue weighted by molar-refractivity contribution is 0.320. The summed E-state index contributed by atoms with van der Waals surface area (Å²) in [5.74, 6) is 0.935. The highest BCUT2D eigenvalue weighted by atomic mass is 32.1. The number of hydrogen-bond acceptors (Lipinski definition) is 2. The van der Waals surface area contributed by atoms with Crippen LogP contribution in [-0.2, 0) is 0 Å². The molecular formula is C14H22N2OS. The second kappa shape index (κ2) is 7.21. The number of aryl methyl sites for hydroxylation is 2. The fourth-order valence-electron chi connectivity index (χ4n) is 1.60. The molecule has 1 aromatic carbocycles. The lowest BCUT2D eigenvalue weighted by Gasteiger charge is -2.14. The van der Waals surface area contributed by atoms with Crippen LogP contribution in [-0.4, -0.2) is 24.3 Å². The van der Waals surface area contributed by atoms with Crippen molar-refractivity contribution in [3.05, 3.63) is 29.3 Å². The molecule has 0 aliphatic rings. The van der Waals surface area contributed by atoms with Gasteiger partial charge in [-0.25, -0.2) is 0 Å². The molecule has 0 aliphatic heterocycles. The molecule has 0 bridgehead atoms. The summed E-state index contributed by atoms with van der Waals surface area (Å²) in [5.41, 5.74) is 2.41. The highest BCUT2D eigenvalue weighted by molar-refractivity contribution is 7.80. The minimum Gasteiger partial charge on any atom is -0.491 e. The van der Waals surface area contributed by atoms with E-state index in [0.717, 1.165) is 11.3 Å². The predicted molar refractivity (Wildman–Crippen MR) is 80.3 cm³/mol. The van der Waals surface area contributed by atoms with Crippen molar-refractivity contribution in [3.8, 4) is 5.75 Å². The van der Waals surface area contributed by atoms with E-state index < -0.39 is 0 Å². The maximum atomic E-state index is 5.70. The first-order valence-corrected chi connectivity index (χ1v) is 6.64. The molecule has 0 fully saturated rings. The third kappa shape index (κ3) is 5.36. The molecule has 2 N–H and O–H groups in total. The molecule has 3 nitrogen and oxygen atoms in total. The summed E-state index contributed by atoms with van der Waals surface area (Å²) < 4.78 is 5.70. The second-order valence-electron chi connectivity index (χ2n) is 4.67. The monoisotopic (exact) mass is 266 g/mol. The zero-order valence-electron chi connectivity index (χ0n) is 11.5. The number of hydrogen-bond donors (Lipinski definition) is 2. The van der Waals surface area contributed by atoms with Crippen molar-refractivity contribution in [3.63, 3.8) is 0 Å². The van der Waals surface area contributed by atoms with Crippen LogP contribution in [0.3, 0.4) is 0 Å². The van der Waals surface area contributed by atoms with Crippen molar-refractivity contribution in [1.29, 1.82) is 0 Å². The van der Waals surface area contributed by atoms with Crippen LogP contribution in [0.15, 0.2) is 18.2 Å². The van der Waals surface area contributed by atoms with Crippen molar-refractivity contribution >= 4 is 17.3 Å². The molecule has 0 aromatic heterocycles. The minimum atomic E-state index is 0.352. The summed E-state index contributed by atoms with van der Waals surface area (Å²) in [7, 11) is 0. The largest absolute Gasteiger partial charge is 0.491 e. The van der Waals surface area contributed by atoms with E-state index in [1.165, 1.54) is 5.56 Å². The summed E-state index contributed by atoms with van der Waals surface area (Å²) >= 11 is 5.13. The average Bonchev–Trinajstić information content (AvgIpc) is 2.25. The van der Waals surface area contributed by atoms with Crippen molar-refractivity contribution in [2.75, 3.05) is 13.2 Å². The van der Waals surface area contributed by atoms with E-state index in [0.29, 0.717) is 24.3 Å². The van der Waals surface area contributed by atoms with E-state index >= 15 is 0 Å². The number of thiocarbonyl (C=S) groups is 1. The van der Waals surface area contributed by atoms with Gasteiger partial charge in [0.15, 0.2) is 5.11 Å². The molecule has 18 heavy (non-hydrogen) atoms. The third-order valence-corrected chi connectivity index (χ3v) is 2.66. The number of rotatable bonds is 5. The molecule has 0 spiro atoms. The molecule has 0 amide bonds. The molecule has 0 heterocycles. The molecule has 0 saturated carbocycles. The van der Waals surface area contributed by atoms with E-state index in [1.807, 2.05) is 6.07 Å². The minimum absolute atomic E-state index is 0.352. The van der Waals surface area contributed by atoms with Gasteiger partial charge in [0.1, 0.15) is 12.4 Å². The zero-order chi connectivity index (χ0) is 13.5. The SMILES string of the molecule is Cc1ccc(OCCNC(=S)NC(C)C)c(C)c1. The van der Waals surface area contributed by atoms with Gasteiger partial charge in [0.05, 0.1) is 6.54 Å². The van der Waals surface area contributed by atoms with Crippen LogP contribution in [0.5, 0.6) is 5.75 Å². The predicted octanol–water partition coefficient (Wildman–Crippen LogP) is 2.55. The molecule has 0 saturated heterocycles. The van der Waals surface area contributed by atoms with Crippen molar-refractivity contribution in [1.82, 2.24) is 10.6 Å². The van der Waals surface area contributed by atoms with Gasteiger partial charge >= 0.3 is 0 Å². The van der Waals surface area contributed by atoms with Crippen LogP contribution >= 0.6 is 12.2 Å². The van der Waals surface area contributed by atoms with Gasteiger partial charge in [-0.2, -0.15) is 0 Å². The van der Waals surface area contributed by atoms with E-state index in [1.54, 1.807) is 0 Å². The standard InChI is InChI=1S/C14H22N2OS/c1-10(2)16-14(18)15-7-8-17-13-6-5-11(3)9-12(13)4/h5-6,9-10H,7-8H2,1-4H3,(H2,15,16,18). The number of benzene rings is 1. The van der Waals surface area contributed by atoms with Gasteiger partial charge in [-0.3, -0.25) is 0 Å². The Morgan fingerprint density at radius 3 is 2.67 bits per heavy atom. The smallest absolute Gasteiger partial charge is 0.166 e. The first-order chi connectivity index (χ1) is 8.49. The molecule has 0 radical (unpaired) electrons. The fourth-order valence-corrected chi connectivity index (χ4v) is 1.94. The topological polar surface area (TPSA) is 33.3 Å². The Morgan fingerprint density at radius 2 is 2.06 bits per heavy atom. The highest BCUT2D eigenvalue weighted by Crippen LogP contribution is 2.18. The quantitative estimate of drug-likeness (QED) is 0.634. The molecule has 1 rings (SSSR count). The first-order valence-electron chi connectivity index (χ1n) is 6.23. The number of ether oxygens (including phenoxy) is 1. The Kier molecular flexibility index (Phi) is 5.92. The van der Waals surface area contributed by atoms with E-state index in [2.05, 4.69) is 50.5 Å². The van der Waals surface area contributed by atoms with Crippen LogP contribution < -0.4 is 15.4 Å². The van der Waals surface area contributed by atoms with Gasteiger partial charge in [-0.05, 0) is 51.5 Å². The van der Waals surface area contributed by atoms with Crippen LogP contribution in [0.1, 0.15) is 25.0 Å². The Balaban J connectivity index is 2.27. The van der Waals surface area contributed by atoms with Gasteiger partial charge < -0.3 is 15.4 Å². The zero-order valence-corrected chi connectivity index (χ0v) is 12.4. The Morgan fingerprint density at radius 1 is 1.33 bits per heavy atom. The first kappa shape index (κ1) is 14.8. The fraction of sp³-hybridized carbons (Fsp3) is 0.500. The molecule has 0 atom stereocenters. The summed E-state index contributed by atoms with van der Waals surface area (Å²) in [6.07, 6.45) is 0. The molecule has 0 unspecified atom stereocenters. The van der Waals surface area contributed by atoms with Gasteiger partial charge in [-0.15, -0.1) is 0 Å². The summed E-state index contributed by atoms with van der Waals surface area (Å²) in [6, 6.07) is 6.54. The molecule has 0 aliphatic carbocycles. The molecule has 100 valence electrons.